The largest absolute Gasteiger partial charge is 0.325 e. The molecule has 1 aliphatic carbocycles. The molecule has 0 unspecified atom stereocenters. The van der Waals surface area contributed by atoms with Gasteiger partial charge in [0.1, 0.15) is 11.6 Å². The van der Waals surface area contributed by atoms with Crippen molar-refractivity contribution in [2.24, 2.45) is 5.73 Å². The minimum Gasteiger partial charge on any atom is -0.325 e. The zero-order valence-corrected chi connectivity index (χ0v) is 8.80. The van der Waals surface area contributed by atoms with Crippen LogP contribution in [0.5, 0.6) is 0 Å². The molecule has 4 heteroatoms. The Hall–Kier alpha value is -1.29. The lowest BCUT2D eigenvalue weighted by molar-refractivity contribution is 0.0911. The van der Waals surface area contributed by atoms with E-state index in [2.05, 4.69) is 0 Å². The first kappa shape index (κ1) is 11.2. The summed E-state index contributed by atoms with van der Waals surface area (Å²) in [4.78, 5) is 11.7. The molecule has 2 nitrogen and oxygen atoms in total. The standard InChI is InChI=1S/C12H13F2NO/c13-9-4-8(5-10(14)6-9)11(16)7-12(15)2-1-3-12/h4-6H,1-3,7,15H2. The number of halogens is 2. The van der Waals surface area contributed by atoms with Gasteiger partial charge in [-0.15, -0.1) is 0 Å². The third-order valence-electron chi connectivity index (χ3n) is 3.05. The van der Waals surface area contributed by atoms with Crippen molar-refractivity contribution in [1.82, 2.24) is 0 Å². The second kappa shape index (κ2) is 3.94. The van der Waals surface area contributed by atoms with Crippen LogP contribution in [-0.4, -0.2) is 11.3 Å². The van der Waals surface area contributed by atoms with Gasteiger partial charge in [0.25, 0.3) is 0 Å². The number of nitrogens with two attached hydrogens (primary N) is 1. The summed E-state index contributed by atoms with van der Waals surface area (Å²) < 4.78 is 25.8. The first-order valence-electron chi connectivity index (χ1n) is 5.27. The predicted octanol–water partition coefficient (Wildman–Crippen LogP) is 2.42. The molecule has 0 radical (unpaired) electrons. The fourth-order valence-electron chi connectivity index (χ4n) is 1.94. The lowest BCUT2D eigenvalue weighted by Gasteiger charge is -2.37. The van der Waals surface area contributed by atoms with E-state index in [0.717, 1.165) is 37.5 Å². The summed E-state index contributed by atoms with van der Waals surface area (Å²) in [6.07, 6.45) is 2.78. The molecule has 0 amide bonds. The Morgan fingerprint density at radius 1 is 1.25 bits per heavy atom. The van der Waals surface area contributed by atoms with Crippen molar-refractivity contribution in [3.63, 3.8) is 0 Å². The van der Waals surface area contributed by atoms with Crippen LogP contribution in [0.3, 0.4) is 0 Å². The Kier molecular flexibility index (Phi) is 2.76. The minimum atomic E-state index is -0.733. The molecule has 16 heavy (non-hydrogen) atoms. The SMILES string of the molecule is NC1(CC(=O)c2cc(F)cc(F)c2)CCC1. The van der Waals surface area contributed by atoms with Gasteiger partial charge in [-0.2, -0.15) is 0 Å². The molecule has 2 rings (SSSR count). The topological polar surface area (TPSA) is 43.1 Å². The summed E-state index contributed by atoms with van der Waals surface area (Å²) in [6.45, 7) is 0. The van der Waals surface area contributed by atoms with Gasteiger partial charge in [-0.3, -0.25) is 4.79 Å². The van der Waals surface area contributed by atoms with Crippen LogP contribution in [0.15, 0.2) is 18.2 Å². The van der Waals surface area contributed by atoms with E-state index in [4.69, 9.17) is 5.73 Å². The summed E-state index contributed by atoms with van der Waals surface area (Å²) in [7, 11) is 0. The minimum absolute atomic E-state index is 0.0641. The number of Topliss-reactive ketones (excluding diaryl/α,β-unsaturated/α-hetero) is 1. The fourth-order valence-corrected chi connectivity index (χ4v) is 1.94. The Bertz CT molecular complexity index is 407. The zero-order valence-electron chi connectivity index (χ0n) is 8.80. The predicted molar refractivity (Wildman–Crippen MR) is 56.1 cm³/mol. The molecule has 0 heterocycles. The molecule has 0 bridgehead atoms. The van der Waals surface area contributed by atoms with E-state index in [1.807, 2.05) is 0 Å². The monoisotopic (exact) mass is 225 g/mol. The Labute approximate surface area is 92.4 Å². The van der Waals surface area contributed by atoms with Crippen molar-refractivity contribution in [3.8, 4) is 0 Å². The summed E-state index contributed by atoms with van der Waals surface area (Å²) in [6, 6.07) is 2.85. The molecule has 1 saturated carbocycles. The second-order valence-corrected chi connectivity index (χ2v) is 4.47. The molecule has 0 spiro atoms. The fraction of sp³-hybridized carbons (Fsp3) is 0.417. The lowest BCUT2D eigenvalue weighted by Crippen LogP contribution is -2.48. The molecule has 1 aliphatic rings. The lowest BCUT2D eigenvalue weighted by atomic mass is 9.74. The molecule has 1 fully saturated rings. The van der Waals surface area contributed by atoms with Crippen LogP contribution < -0.4 is 5.73 Å². The molecule has 1 aromatic carbocycles. The molecule has 2 N–H and O–H groups in total. The maximum atomic E-state index is 12.9. The summed E-state index contributed by atoms with van der Waals surface area (Å²) >= 11 is 0. The van der Waals surface area contributed by atoms with Gasteiger partial charge in [-0.05, 0) is 31.4 Å². The van der Waals surface area contributed by atoms with Crippen molar-refractivity contribution in [1.29, 1.82) is 0 Å². The Balaban J connectivity index is 2.14. The zero-order chi connectivity index (χ0) is 11.8. The van der Waals surface area contributed by atoms with Gasteiger partial charge >= 0.3 is 0 Å². The Morgan fingerprint density at radius 3 is 2.25 bits per heavy atom. The first-order valence-corrected chi connectivity index (χ1v) is 5.27. The average molecular weight is 225 g/mol. The highest BCUT2D eigenvalue weighted by atomic mass is 19.1. The van der Waals surface area contributed by atoms with Crippen LogP contribution in [-0.2, 0) is 0 Å². The van der Waals surface area contributed by atoms with Gasteiger partial charge in [0, 0.05) is 23.6 Å². The summed E-state index contributed by atoms with van der Waals surface area (Å²) in [5, 5.41) is 0. The van der Waals surface area contributed by atoms with E-state index in [0.29, 0.717) is 0 Å². The maximum absolute atomic E-state index is 12.9. The van der Waals surface area contributed by atoms with Crippen molar-refractivity contribution in [2.75, 3.05) is 0 Å². The summed E-state index contributed by atoms with van der Waals surface area (Å²) in [5.74, 6) is -1.76. The van der Waals surface area contributed by atoms with Crippen molar-refractivity contribution in [2.45, 2.75) is 31.2 Å². The number of ketones is 1. The summed E-state index contributed by atoms with van der Waals surface area (Å²) in [5.41, 5.74) is 5.51. The molecular formula is C12H13F2NO. The molecule has 1 aromatic rings. The van der Waals surface area contributed by atoms with Gasteiger partial charge in [0.2, 0.25) is 0 Å². The number of carbonyl (C=O) groups excluding carboxylic acids is 1. The highest BCUT2D eigenvalue weighted by Crippen LogP contribution is 2.33. The maximum Gasteiger partial charge on any atom is 0.164 e. The van der Waals surface area contributed by atoms with Crippen LogP contribution in [0.25, 0.3) is 0 Å². The van der Waals surface area contributed by atoms with Crippen molar-refractivity contribution in [3.05, 3.63) is 35.4 Å². The highest BCUT2D eigenvalue weighted by Gasteiger charge is 2.34. The van der Waals surface area contributed by atoms with E-state index in [-0.39, 0.29) is 17.8 Å². The number of carbonyl (C=O) groups is 1. The first-order chi connectivity index (χ1) is 7.48. The van der Waals surface area contributed by atoms with Crippen LogP contribution in [0.2, 0.25) is 0 Å². The van der Waals surface area contributed by atoms with E-state index < -0.39 is 17.2 Å². The molecular weight excluding hydrogens is 212 g/mol. The van der Waals surface area contributed by atoms with Crippen LogP contribution in [0.1, 0.15) is 36.0 Å². The average Bonchev–Trinajstić information content (AvgIpc) is 2.13. The number of hydrogen-bond donors (Lipinski definition) is 1. The van der Waals surface area contributed by atoms with E-state index in [1.165, 1.54) is 0 Å². The van der Waals surface area contributed by atoms with Crippen molar-refractivity contribution < 1.29 is 13.6 Å². The molecule has 0 atom stereocenters. The number of rotatable bonds is 3. The van der Waals surface area contributed by atoms with Gasteiger partial charge in [-0.1, -0.05) is 0 Å². The van der Waals surface area contributed by atoms with Crippen LogP contribution >= 0.6 is 0 Å². The van der Waals surface area contributed by atoms with Gasteiger partial charge < -0.3 is 5.73 Å². The van der Waals surface area contributed by atoms with Crippen LogP contribution in [0.4, 0.5) is 8.78 Å². The Morgan fingerprint density at radius 2 is 1.81 bits per heavy atom. The molecule has 86 valence electrons. The smallest absolute Gasteiger partial charge is 0.164 e. The third-order valence-corrected chi connectivity index (χ3v) is 3.05. The van der Waals surface area contributed by atoms with Crippen LogP contribution in [0, 0.1) is 11.6 Å². The van der Waals surface area contributed by atoms with Gasteiger partial charge in [-0.25, -0.2) is 8.78 Å². The molecule has 0 aromatic heterocycles. The molecule has 0 saturated heterocycles. The highest BCUT2D eigenvalue weighted by molar-refractivity contribution is 5.96. The third kappa shape index (κ3) is 2.27. The molecule has 0 aliphatic heterocycles. The van der Waals surface area contributed by atoms with Gasteiger partial charge in [0.05, 0.1) is 0 Å². The number of hydrogen-bond acceptors (Lipinski definition) is 2. The normalized spacial score (nSPS) is 17.9. The second-order valence-electron chi connectivity index (χ2n) is 4.47. The van der Waals surface area contributed by atoms with Crippen molar-refractivity contribution >= 4 is 5.78 Å². The van der Waals surface area contributed by atoms with E-state index >= 15 is 0 Å². The van der Waals surface area contributed by atoms with E-state index in [1.54, 1.807) is 0 Å². The quantitative estimate of drug-likeness (QED) is 0.803. The number of benzene rings is 1. The van der Waals surface area contributed by atoms with E-state index in [9.17, 15) is 13.6 Å². The van der Waals surface area contributed by atoms with Gasteiger partial charge in [0.15, 0.2) is 5.78 Å².